The number of aliphatic hydroxyl groups excluding tert-OH is 1. The molecule has 154 valence electrons. The summed E-state index contributed by atoms with van der Waals surface area (Å²) in [5, 5.41) is 17.1. The number of hydrogen-bond acceptors (Lipinski definition) is 7. The second-order valence-electron chi connectivity index (χ2n) is 5.97. The van der Waals surface area contributed by atoms with Gasteiger partial charge in [-0.1, -0.05) is 18.2 Å². The average Bonchev–Trinajstić information content (AvgIpc) is 3.19. The Morgan fingerprint density at radius 1 is 1.07 bits per heavy atom. The van der Waals surface area contributed by atoms with Gasteiger partial charge in [-0.2, -0.15) is 4.98 Å². The van der Waals surface area contributed by atoms with Crippen molar-refractivity contribution in [3.63, 3.8) is 0 Å². The van der Waals surface area contributed by atoms with E-state index in [1.165, 1.54) is 18.2 Å². The van der Waals surface area contributed by atoms with Gasteiger partial charge in [0.25, 0.3) is 0 Å². The van der Waals surface area contributed by atoms with E-state index in [0.29, 0.717) is 42.5 Å². The number of hydrogen-bond donors (Lipinski definition) is 3. The van der Waals surface area contributed by atoms with Gasteiger partial charge in [0.1, 0.15) is 11.6 Å². The number of aliphatic hydroxyl groups is 1. The molecule has 10 heteroatoms. The zero-order valence-corrected chi connectivity index (χ0v) is 16.1. The maximum Gasteiger partial charge on any atom is 0.573 e. The number of benzene rings is 1. The quantitative estimate of drug-likeness (QED) is 0.439. The van der Waals surface area contributed by atoms with Crippen LogP contribution in [-0.4, -0.2) is 34.6 Å². The van der Waals surface area contributed by atoms with Gasteiger partial charge in [-0.05, 0) is 30.0 Å². The SMILES string of the molecule is OCCCNc1nc(NCc2cccs2)cc(-c2cccc(OC(F)(F)F)c2)n1. The van der Waals surface area contributed by atoms with Crippen molar-refractivity contribution in [1.29, 1.82) is 0 Å². The lowest BCUT2D eigenvalue weighted by Gasteiger charge is -2.12. The van der Waals surface area contributed by atoms with E-state index in [-0.39, 0.29) is 12.4 Å². The van der Waals surface area contributed by atoms with Crippen molar-refractivity contribution in [2.45, 2.75) is 19.3 Å². The van der Waals surface area contributed by atoms with Crippen molar-refractivity contribution in [3.05, 3.63) is 52.7 Å². The van der Waals surface area contributed by atoms with Gasteiger partial charge in [-0.25, -0.2) is 4.98 Å². The van der Waals surface area contributed by atoms with Crippen LogP contribution in [0.4, 0.5) is 24.9 Å². The van der Waals surface area contributed by atoms with Crippen molar-refractivity contribution in [2.24, 2.45) is 0 Å². The van der Waals surface area contributed by atoms with Gasteiger partial charge >= 0.3 is 6.36 Å². The maximum atomic E-state index is 12.5. The molecule has 0 atom stereocenters. The lowest BCUT2D eigenvalue weighted by Crippen LogP contribution is -2.17. The highest BCUT2D eigenvalue weighted by Crippen LogP contribution is 2.28. The van der Waals surface area contributed by atoms with E-state index in [2.05, 4.69) is 25.3 Å². The molecule has 0 saturated heterocycles. The van der Waals surface area contributed by atoms with E-state index in [4.69, 9.17) is 5.11 Å². The molecule has 0 fully saturated rings. The van der Waals surface area contributed by atoms with E-state index in [0.717, 1.165) is 4.88 Å². The molecule has 2 aromatic heterocycles. The predicted molar refractivity (Wildman–Crippen MR) is 106 cm³/mol. The summed E-state index contributed by atoms with van der Waals surface area (Å²) in [6.45, 7) is 1.04. The number of nitrogens with one attached hydrogen (secondary N) is 2. The van der Waals surface area contributed by atoms with Gasteiger partial charge in [-0.3, -0.25) is 0 Å². The summed E-state index contributed by atoms with van der Waals surface area (Å²) in [4.78, 5) is 9.88. The summed E-state index contributed by atoms with van der Waals surface area (Å²) >= 11 is 1.60. The van der Waals surface area contributed by atoms with Crippen molar-refractivity contribution in [1.82, 2.24) is 9.97 Å². The number of anilines is 2. The maximum absolute atomic E-state index is 12.5. The van der Waals surface area contributed by atoms with Gasteiger partial charge in [0, 0.05) is 29.7 Å². The smallest absolute Gasteiger partial charge is 0.406 e. The van der Waals surface area contributed by atoms with Crippen LogP contribution >= 0.6 is 11.3 Å². The molecule has 29 heavy (non-hydrogen) atoms. The molecule has 2 heterocycles. The van der Waals surface area contributed by atoms with Crippen LogP contribution in [0.5, 0.6) is 5.75 Å². The number of alkyl halides is 3. The van der Waals surface area contributed by atoms with E-state index in [9.17, 15) is 13.2 Å². The van der Waals surface area contributed by atoms with Crippen LogP contribution in [0, 0.1) is 0 Å². The molecule has 0 amide bonds. The molecule has 1 aromatic carbocycles. The first-order valence-corrected chi connectivity index (χ1v) is 9.67. The van der Waals surface area contributed by atoms with Crippen LogP contribution in [0.25, 0.3) is 11.3 Å². The van der Waals surface area contributed by atoms with Crippen LogP contribution in [-0.2, 0) is 6.54 Å². The Morgan fingerprint density at radius 3 is 2.66 bits per heavy atom. The Balaban J connectivity index is 1.86. The molecule has 3 aromatic rings. The van der Waals surface area contributed by atoms with Gasteiger partial charge in [-0.15, -0.1) is 24.5 Å². The minimum absolute atomic E-state index is 0.0208. The molecule has 6 nitrogen and oxygen atoms in total. The second-order valence-corrected chi connectivity index (χ2v) is 7.01. The van der Waals surface area contributed by atoms with Crippen molar-refractivity contribution < 1.29 is 23.0 Å². The van der Waals surface area contributed by atoms with E-state index < -0.39 is 6.36 Å². The molecule has 0 aliphatic carbocycles. The molecule has 0 spiro atoms. The first-order valence-electron chi connectivity index (χ1n) is 8.79. The molecular weight excluding hydrogens is 405 g/mol. The Bertz CT molecular complexity index is 920. The topological polar surface area (TPSA) is 79.3 Å². The highest BCUT2D eigenvalue weighted by molar-refractivity contribution is 7.09. The van der Waals surface area contributed by atoms with E-state index >= 15 is 0 Å². The van der Waals surface area contributed by atoms with Crippen molar-refractivity contribution >= 4 is 23.1 Å². The normalized spacial score (nSPS) is 11.3. The fraction of sp³-hybridized carbons (Fsp3) is 0.263. The van der Waals surface area contributed by atoms with Crippen molar-refractivity contribution in [3.8, 4) is 17.0 Å². The fourth-order valence-corrected chi connectivity index (χ4v) is 3.13. The van der Waals surface area contributed by atoms with Gasteiger partial charge in [0.2, 0.25) is 5.95 Å². The largest absolute Gasteiger partial charge is 0.573 e. The van der Waals surface area contributed by atoms with Crippen LogP contribution < -0.4 is 15.4 Å². The Hall–Kier alpha value is -2.85. The number of ether oxygens (including phenoxy) is 1. The number of thiophene rings is 1. The Labute approximate surface area is 169 Å². The molecule has 0 bridgehead atoms. The van der Waals surface area contributed by atoms with Crippen LogP contribution in [0.3, 0.4) is 0 Å². The Morgan fingerprint density at radius 2 is 1.93 bits per heavy atom. The molecule has 3 rings (SSSR count). The summed E-state index contributed by atoms with van der Waals surface area (Å²) in [6.07, 6.45) is -4.25. The van der Waals surface area contributed by atoms with Crippen molar-refractivity contribution in [2.75, 3.05) is 23.8 Å². The number of rotatable bonds is 9. The molecule has 0 radical (unpaired) electrons. The average molecular weight is 424 g/mol. The first kappa shape index (κ1) is 20.9. The molecule has 0 aliphatic heterocycles. The van der Waals surface area contributed by atoms with Crippen LogP contribution in [0.1, 0.15) is 11.3 Å². The standard InChI is InChI=1S/C19H19F3N4O2S/c20-19(21,22)28-14-5-1-4-13(10-14)16-11-17(24-12-15-6-2-9-29-15)26-18(25-16)23-7-3-8-27/h1-2,4-6,9-11,27H,3,7-8,12H2,(H2,23,24,25,26). The van der Waals surface area contributed by atoms with Gasteiger partial charge in [0.05, 0.1) is 12.2 Å². The van der Waals surface area contributed by atoms with Crippen LogP contribution in [0.2, 0.25) is 0 Å². The summed E-state index contributed by atoms with van der Waals surface area (Å²) in [5.41, 5.74) is 0.895. The first-order chi connectivity index (χ1) is 13.9. The molecule has 0 saturated carbocycles. The third-order valence-electron chi connectivity index (χ3n) is 3.73. The molecule has 0 aliphatic rings. The minimum atomic E-state index is -4.77. The van der Waals surface area contributed by atoms with Gasteiger partial charge < -0.3 is 20.5 Å². The summed E-state index contributed by atoms with van der Waals surface area (Å²) in [6, 6.07) is 11.2. The van der Waals surface area contributed by atoms with Gasteiger partial charge in [0.15, 0.2) is 0 Å². The molecule has 0 unspecified atom stereocenters. The number of aromatic nitrogens is 2. The Kier molecular flexibility index (Phi) is 6.89. The fourth-order valence-electron chi connectivity index (χ4n) is 2.49. The lowest BCUT2D eigenvalue weighted by atomic mass is 10.1. The lowest BCUT2D eigenvalue weighted by molar-refractivity contribution is -0.274. The zero-order valence-electron chi connectivity index (χ0n) is 15.2. The predicted octanol–water partition coefficient (Wildman–Crippen LogP) is 4.51. The van der Waals surface area contributed by atoms with E-state index in [1.54, 1.807) is 23.5 Å². The zero-order chi connectivity index (χ0) is 20.7. The summed E-state index contributed by atoms with van der Waals surface area (Å²) in [5.74, 6) is 0.514. The molecule has 3 N–H and O–H groups in total. The number of nitrogens with zero attached hydrogens (tertiary/aromatic N) is 2. The highest BCUT2D eigenvalue weighted by atomic mass is 32.1. The third-order valence-corrected chi connectivity index (χ3v) is 4.61. The molecular formula is C19H19F3N4O2S. The second kappa shape index (κ2) is 9.57. The summed E-state index contributed by atoms with van der Waals surface area (Å²) in [7, 11) is 0. The van der Waals surface area contributed by atoms with Crippen LogP contribution in [0.15, 0.2) is 47.8 Å². The van der Waals surface area contributed by atoms with E-state index in [1.807, 2.05) is 17.5 Å². The highest BCUT2D eigenvalue weighted by Gasteiger charge is 2.31. The minimum Gasteiger partial charge on any atom is -0.406 e. The third kappa shape index (κ3) is 6.61. The number of halogens is 3. The summed E-state index contributed by atoms with van der Waals surface area (Å²) < 4.78 is 41.6. The monoisotopic (exact) mass is 424 g/mol.